The van der Waals surface area contributed by atoms with Crippen molar-refractivity contribution in [3.63, 3.8) is 0 Å². The molecular weight excluding hydrogens is 456 g/mol. The van der Waals surface area contributed by atoms with Crippen molar-refractivity contribution in [2.75, 3.05) is 20.3 Å². The van der Waals surface area contributed by atoms with Gasteiger partial charge in [0.05, 0.1) is 12.8 Å². The third-order valence-electron chi connectivity index (χ3n) is 5.48. The van der Waals surface area contributed by atoms with Crippen LogP contribution < -0.4 is 9.47 Å². The zero-order chi connectivity index (χ0) is 24.7. The molecule has 5 rings (SSSR count). The lowest BCUT2D eigenvalue weighted by Crippen LogP contribution is -2.10. The molecule has 0 unspecified atom stereocenters. The highest BCUT2D eigenvalue weighted by molar-refractivity contribution is 5.89. The van der Waals surface area contributed by atoms with Crippen LogP contribution in [0.2, 0.25) is 0 Å². The second-order valence-corrected chi connectivity index (χ2v) is 7.89. The zero-order valence-electron chi connectivity index (χ0n) is 19.7. The van der Waals surface area contributed by atoms with E-state index in [0.29, 0.717) is 17.2 Å². The van der Waals surface area contributed by atoms with Crippen LogP contribution in [0.15, 0.2) is 102 Å². The standard InChI is InChI=1S/C29H24N2O5/c1-33-24-12-14-25(15-13-24)34-17-18-35-28(32)16-11-22-20-31(23-8-3-2-4-9-23)30-29(22)27-19-21-7-5-6-10-26(21)36-27/h2-16,19-20H,17-18H2,1H3. The molecule has 180 valence electrons. The van der Waals surface area contributed by atoms with Crippen LogP contribution in [0.5, 0.6) is 11.5 Å². The van der Waals surface area contributed by atoms with Gasteiger partial charge in [0, 0.05) is 23.2 Å². The molecule has 2 heterocycles. The fourth-order valence-corrected chi connectivity index (χ4v) is 3.69. The highest BCUT2D eigenvalue weighted by Gasteiger charge is 2.15. The summed E-state index contributed by atoms with van der Waals surface area (Å²) in [5.41, 5.74) is 3.02. The monoisotopic (exact) mass is 480 g/mol. The van der Waals surface area contributed by atoms with Crippen molar-refractivity contribution >= 4 is 23.0 Å². The number of rotatable bonds is 9. The Bertz CT molecular complexity index is 1450. The molecule has 0 aliphatic rings. The zero-order valence-corrected chi connectivity index (χ0v) is 19.7. The minimum atomic E-state index is -0.476. The van der Waals surface area contributed by atoms with Crippen molar-refractivity contribution in [3.05, 3.63) is 103 Å². The largest absolute Gasteiger partial charge is 0.497 e. The summed E-state index contributed by atoms with van der Waals surface area (Å²) in [6.45, 7) is 0.358. The molecule has 0 bridgehead atoms. The Kier molecular flexibility index (Phi) is 6.80. The van der Waals surface area contributed by atoms with E-state index in [4.69, 9.17) is 23.7 Å². The molecule has 0 saturated carbocycles. The first kappa shape index (κ1) is 23.0. The van der Waals surface area contributed by atoms with Gasteiger partial charge in [-0.3, -0.25) is 0 Å². The SMILES string of the molecule is COc1ccc(OCCOC(=O)C=Cc2cn(-c3ccccc3)nc2-c2cc3ccccc3o2)cc1. The van der Waals surface area contributed by atoms with Crippen LogP contribution in [0.3, 0.4) is 0 Å². The van der Waals surface area contributed by atoms with Crippen LogP contribution in [0.25, 0.3) is 34.2 Å². The summed E-state index contributed by atoms with van der Waals surface area (Å²) < 4.78 is 23.8. The fourth-order valence-electron chi connectivity index (χ4n) is 3.69. The number of fused-ring (bicyclic) bond motifs is 1. The maximum Gasteiger partial charge on any atom is 0.330 e. The second kappa shape index (κ2) is 10.7. The molecule has 0 fully saturated rings. The number of para-hydroxylation sites is 2. The summed E-state index contributed by atoms with van der Waals surface area (Å²) in [5, 5.41) is 5.72. The van der Waals surface area contributed by atoms with E-state index in [0.717, 1.165) is 28.0 Å². The van der Waals surface area contributed by atoms with E-state index in [9.17, 15) is 4.79 Å². The van der Waals surface area contributed by atoms with Gasteiger partial charge in [-0.05, 0) is 54.6 Å². The number of ether oxygens (including phenoxy) is 3. The predicted molar refractivity (Wildman–Crippen MR) is 137 cm³/mol. The van der Waals surface area contributed by atoms with Gasteiger partial charge in [-0.25, -0.2) is 9.48 Å². The van der Waals surface area contributed by atoms with Crippen LogP contribution in [0.1, 0.15) is 5.56 Å². The summed E-state index contributed by atoms with van der Waals surface area (Å²) in [7, 11) is 1.61. The number of hydrogen-bond donors (Lipinski definition) is 0. The van der Waals surface area contributed by atoms with Gasteiger partial charge in [0.15, 0.2) is 5.76 Å². The van der Waals surface area contributed by atoms with Crippen molar-refractivity contribution in [2.45, 2.75) is 0 Å². The molecular formula is C29H24N2O5. The molecule has 0 amide bonds. The van der Waals surface area contributed by atoms with E-state index < -0.39 is 5.97 Å². The molecule has 0 spiro atoms. The summed E-state index contributed by atoms with van der Waals surface area (Å²) in [6, 6.07) is 26.7. The van der Waals surface area contributed by atoms with Gasteiger partial charge in [0.1, 0.15) is 36.0 Å². The van der Waals surface area contributed by atoms with E-state index in [1.807, 2.05) is 66.9 Å². The summed E-state index contributed by atoms with van der Waals surface area (Å²) in [4.78, 5) is 12.3. The van der Waals surface area contributed by atoms with E-state index in [-0.39, 0.29) is 13.2 Å². The van der Waals surface area contributed by atoms with Gasteiger partial charge in [-0.15, -0.1) is 0 Å². The third-order valence-corrected chi connectivity index (χ3v) is 5.48. The van der Waals surface area contributed by atoms with E-state index in [2.05, 4.69) is 0 Å². The Labute approximate surface area is 208 Å². The summed E-state index contributed by atoms with van der Waals surface area (Å²) in [6.07, 6.45) is 4.92. The first-order valence-electron chi connectivity index (χ1n) is 11.5. The molecule has 0 N–H and O–H groups in total. The first-order valence-corrected chi connectivity index (χ1v) is 11.5. The number of hydrogen-bond acceptors (Lipinski definition) is 6. The van der Waals surface area contributed by atoms with Crippen LogP contribution >= 0.6 is 0 Å². The quantitative estimate of drug-likeness (QED) is 0.148. The maximum atomic E-state index is 12.3. The predicted octanol–water partition coefficient (Wildman–Crippen LogP) is 5.93. The van der Waals surface area contributed by atoms with Crippen molar-refractivity contribution in [1.29, 1.82) is 0 Å². The molecule has 0 aliphatic carbocycles. The molecule has 0 saturated heterocycles. The molecule has 3 aromatic carbocycles. The number of carbonyl (C=O) groups excluding carboxylic acids is 1. The number of aromatic nitrogens is 2. The molecule has 36 heavy (non-hydrogen) atoms. The second-order valence-electron chi connectivity index (χ2n) is 7.89. The Morgan fingerprint density at radius 2 is 1.69 bits per heavy atom. The van der Waals surface area contributed by atoms with Crippen LogP contribution in [-0.4, -0.2) is 36.1 Å². The Morgan fingerprint density at radius 1 is 0.944 bits per heavy atom. The first-order chi connectivity index (χ1) is 17.7. The van der Waals surface area contributed by atoms with E-state index in [1.165, 1.54) is 6.08 Å². The maximum absolute atomic E-state index is 12.3. The van der Waals surface area contributed by atoms with Gasteiger partial charge in [-0.1, -0.05) is 36.4 Å². The number of nitrogens with zero attached hydrogens (tertiary/aromatic N) is 2. The smallest absolute Gasteiger partial charge is 0.330 e. The minimum absolute atomic E-state index is 0.120. The third kappa shape index (κ3) is 5.31. The molecule has 0 radical (unpaired) electrons. The average molecular weight is 481 g/mol. The van der Waals surface area contributed by atoms with Crippen LogP contribution in [0, 0.1) is 0 Å². The lowest BCUT2D eigenvalue weighted by molar-refractivity contribution is -0.138. The van der Waals surface area contributed by atoms with Gasteiger partial charge in [0.25, 0.3) is 0 Å². The number of methoxy groups -OCH3 is 1. The Morgan fingerprint density at radius 3 is 2.47 bits per heavy atom. The van der Waals surface area contributed by atoms with Crippen molar-refractivity contribution < 1.29 is 23.4 Å². The number of esters is 1. The molecule has 2 aromatic heterocycles. The Hall–Kier alpha value is -4.78. The minimum Gasteiger partial charge on any atom is -0.497 e. The molecule has 0 aliphatic heterocycles. The van der Waals surface area contributed by atoms with E-state index in [1.54, 1.807) is 42.1 Å². The molecule has 0 atom stereocenters. The number of furan rings is 1. The number of carbonyl (C=O) groups is 1. The van der Waals surface area contributed by atoms with Crippen molar-refractivity contribution in [3.8, 4) is 28.6 Å². The number of benzene rings is 3. The van der Waals surface area contributed by atoms with Crippen LogP contribution in [0.4, 0.5) is 0 Å². The van der Waals surface area contributed by atoms with Crippen molar-refractivity contribution in [1.82, 2.24) is 9.78 Å². The van der Waals surface area contributed by atoms with Gasteiger partial charge in [-0.2, -0.15) is 5.10 Å². The van der Waals surface area contributed by atoms with Crippen molar-refractivity contribution in [2.24, 2.45) is 0 Å². The van der Waals surface area contributed by atoms with Gasteiger partial charge >= 0.3 is 5.97 Å². The summed E-state index contributed by atoms with van der Waals surface area (Å²) >= 11 is 0. The lowest BCUT2D eigenvalue weighted by atomic mass is 10.2. The fraction of sp³-hybridized carbons (Fsp3) is 0.103. The highest BCUT2D eigenvalue weighted by atomic mass is 16.6. The topological polar surface area (TPSA) is 75.7 Å². The summed E-state index contributed by atoms with van der Waals surface area (Å²) in [5.74, 6) is 1.56. The molecule has 7 nitrogen and oxygen atoms in total. The lowest BCUT2D eigenvalue weighted by Gasteiger charge is -2.07. The normalized spacial score (nSPS) is 11.1. The highest BCUT2D eigenvalue weighted by Crippen LogP contribution is 2.30. The molecule has 5 aromatic rings. The van der Waals surface area contributed by atoms with E-state index >= 15 is 0 Å². The molecule has 7 heteroatoms. The average Bonchev–Trinajstić information content (AvgIpc) is 3.55. The van der Waals surface area contributed by atoms with Gasteiger partial charge < -0.3 is 18.6 Å². The van der Waals surface area contributed by atoms with Gasteiger partial charge in [0.2, 0.25) is 0 Å². The van der Waals surface area contributed by atoms with Crippen LogP contribution in [-0.2, 0) is 9.53 Å². The Balaban J connectivity index is 1.29.